The molecule has 0 saturated carbocycles. The number of aromatic nitrogens is 3. The van der Waals surface area contributed by atoms with Crippen LogP contribution in [-0.2, 0) is 0 Å². The Morgan fingerprint density at radius 2 is 2.15 bits per heavy atom. The van der Waals surface area contributed by atoms with Crippen LogP contribution in [0.2, 0.25) is 10.4 Å². The fourth-order valence-corrected chi connectivity index (χ4v) is 1.17. The maximum absolute atomic E-state index is 5.84. The Labute approximate surface area is 83.5 Å². The van der Waals surface area contributed by atoms with Gasteiger partial charge in [-0.2, -0.15) is 4.98 Å². The average molecular weight is 216 g/mol. The molecule has 0 N–H and O–H groups in total. The van der Waals surface area contributed by atoms with Crippen molar-refractivity contribution in [3.8, 4) is 11.5 Å². The molecule has 0 fully saturated rings. The summed E-state index contributed by atoms with van der Waals surface area (Å²) >= 11 is 11.3. The molecule has 2 heterocycles. The first-order valence-electron chi connectivity index (χ1n) is 3.37. The van der Waals surface area contributed by atoms with E-state index in [1.165, 1.54) is 0 Å². The van der Waals surface area contributed by atoms with Gasteiger partial charge in [-0.25, -0.2) is 0 Å². The van der Waals surface area contributed by atoms with E-state index in [0.29, 0.717) is 10.7 Å². The summed E-state index contributed by atoms with van der Waals surface area (Å²) in [6.45, 7) is 0. The predicted octanol–water partition coefficient (Wildman–Crippen LogP) is 2.44. The van der Waals surface area contributed by atoms with Gasteiger partial charge in [0.15, 0.2) is 0 Å². The van der Waals surface area contributed by atoms with Crippen molar-refractivity contribution < 1.29 is 4.52 Å². The maximum atomic E-state index is 5.84. The van der Waals surface area contributed by atoms with E-state index in [1.807, 2.05) is 0 Å². The summed E-state index contributed by atoms with van der Waals surface area (Å²) < 4.78 is 4.58. The van der Waals surface area contributed by atoms with Gasteiger partial charge in [-0.05, 0) is 23.7 Å². The summed E-state index contributed by atoms with van der Waals surface area (Å²) in [4.78, 5) is 7.77. The molecular formula is C7H3Cl2N3O. The van der Waals surface area contributed by atoms with Gasteiger partial charge in [-0.15, -0.1) is 0 Å². The Bertz CT molecular complexity index is 429. The summed E-state index contributed by atoms with van der Waals surface area (Å²) in [5.41, 5.74) is 0.458. The van der Waals surface area contributed by atoms with Crippen LogP contribution < -0.4 is 0 Å². The van der Waals surface area contributed by atoms with E-state index in [9.17, 15) is 0 Å². The molecule has 0 bridgehead atoms. The van der Waals surface area contributed by atoms with Crippen LogP contribution >= 0.6 is 23.2 Å². The lowest BCUT2D eigenvalue weighted by Crippen LogP contribution is -1.85. The highest BCUT2D eigenvalue weighted by Crippen LogP contribution is 2.22. The Kier molecular flexibility index (Phi) is 2.16. The SMILES string of the molecule is Clc1nc(-c2ncccc2Cl)no1. The molecule has 0 aliphatic rings. The summed E-state index contributed by atoms with van der Waals surface area (Å²) in [6.07, 6.45) is 1.59. The molecule has 0 amide bonds. The third kappa shape index (κ3) is 1.64. The molecule has 2 rings (SSSR count). The standard InChI is InChI=1S/C7H3Cl2N3O/c8-4-2-1-3-10-5(4)6-11-7(9)13-12-6/h1-3H. The monoisotopic (exact) mass is 215 g/mol. The van der Waals surface area contributed by atoms with Gasteiger partial charge in [-0.1, -0.05) is 16.8 Å². The number of halogens is 2. The molecule has 0 saturated heterocycles. The lowest BCUT2D eigenvalue weighted by atomic mass is 10.3. The van der Waals surface area contributed by atoms with Gasteiger partial charge >= 0.3 is 5.35 Å². The minimum absolute atomic E-state index is 0.0308. The first kappa shape index (κ1) is 8.47. The highest BCUT2D eigenvalue weighted by molar-refractivity contribution is 6.33. The van der Waals surface area contributed by atoms with E-state index in [1.54, 1.807) is 18.3 Å². The van der Waals surface area contributed by atoms with Crippen molar-refractivity contribution in [1.82, 2.24) is 15.1 Å². The van der Waals surface area contributed by atoms with Crippen molar-refractivity contribution in [2.45, 2.75) is 0 Å². The normalized spacial score (nSPS) is 10.3. The van der Waals surface area contributed by atoms with Crippen molar-refractivity contribution in [2.24, 2.45) is 0 Å². The molecule has 13 heavy (non-hydrogen) atoms. The van der Waals surface area contributed by atoms with Crippen LogP contribution in [0.5, 0.6) is 0 Å². The lowest BCUT2D eigenvalue weighted by Gasteiger charge is -1.94. The van der Waals surface area contributed by atoms with Gasteiger partial charge in [0.05, 0.1) is 5.02 Å². The van der Waals surface area contributed by atoms with Crippen molar-refractivity contribution in [3.05, 3.63) is 28.7 Å². The fourth-order valence-electron chi connectivity index (χ4n) is 0.851. The summed E-state index contributed by atoms with van der Waals surface area (Å²) in [7, 11) is 0. The summed E-state index contributed by atoms with van der Waals surface area (Å²) in [5, 5.41) is 4.01. The molecule has 0 aliphatic heterocycles. The third-order valence-electron chi connectivity index (χ3n) is 1.37. The second-order valence-corrected chi connectivity index (χ2v) is 2.94. The van der Waals surface area contributed by atoms with Crippen molar-refractivity contribution in [1.29, 1.82) is 0 Å². The van der Waals surface area contributed by atoms with Crippen molar-refractivity contribution in [3.63, 3.8) is 0 Å². The molecule has 2 aromatic heterocycles. The largest absolute Gasteiger partial charge is 0.321 e. The van der Waals surface area contributed by atoms with Gasteiger partial charge in [0.1, 0.15) is 5.69 Å². The van der Waals surface area contributed by atoms with Crippen LogP contribution in [0.15, 0.2) is 22.9 Å². The van der Waals surface area contributed by atoms with Crippen LogP contribution in [0.4, 0.5) is 0 Å². The molecule has 6 heteroatoms. The van der Waals surface area contributed by atoms with Crippen molar-refractivity contribution >= 4 is 23.2 Å². The van der Waals surface area contributed by atoms with Crippen LogP contribution in [-0.4, -0.2) is 15.1 Å². The zero-order valence-electron chi connectivity index (χ0n) is 6.24. The lowest BCUT2D eigenvalue weighted by molar-refractivity contribution is 0.420. The number of hydrogen-bond donors (Lipinski definition) is 0. The number of nitrogens with zero attached hydrogens (tertiary/aromatic N) is 3. The molecule has 0 atom stereocenters. The molecule has 66 valence electrons. The Morgan fingerprint density at radius 1 is 1.31 bits per heavy atom. The molecule has 0 spiro atoms. The summed E-state index contributed by atoms with van der Waals surface area (Å²) in [5.74, 6) is 0.288. The van der Waals surface area contributed by atoms with E-state index in [0.717, 1.165) is 0 Å². The minimum atomic E-state index is -0.0308. The molecule has 4 nitrogen and oxygen atoms in total. The molecule has 0 aliphatic carbocycles. The van der Waals surface area contributed by atoms with Crippen LogP contribution in [0.1, 0.15) is 0 Å². The molecule has 0 aromatic carbocycles. The summed E-state index contributed by atoms with van der Waals surface area (Å²) in [6, 6.07) is 3.40. The second-order valence-electron chi connectivity index (χ2n) is 2.20. The van der Waals surface area contributed by atoms with E-state index < -0.39 is 0 Å². The maximum Gasteiger partial charge on any atom is 0.320 e. The minimum Gasteiger partial charge on any atom is -0.321 e. The van der Waals surface area contributed by atoms with Crippen molar-refractivity contribution in [2.75, 3.05) is 0 Å². The Hall–Kier alpha value is -1.13. The number of pyridine rings is 1. The van der Waals surface area contributed by atoms with E-state index in [2.05, 4.69) is 19.6 Å². The van der Waals surface area contributed by atoms with Gasteiger partial charge in [0.25, 0.3) is 0 Å². The molecule has 0 unspecified atom stereocenters. The van der Waals surface area contributed by atoms with Crippen LogP contribution in [0.25, 0.3) is 11.5 Å². The van der Waals surface area contributed by atoms with E-state index >= 15 is 0 Å². The fraction of sp³-hybridized carbons (Fsp3) is 0. The average Bonchev–Trinajstić information content (AvgIpc) is 2.53. The van der Waals surface area contributed by atoms with Gasteiger partial charge in [0, 0.05) is 6.20 Å². The number of hydrogen-bond acceptors (Lipinski definition) is 4. The van der Waals surface area contributed by atoms with Crippen LogP contribution in [0.3, 0.4) is 0 Å². The van der Waals surface area contributed by atoms with E-state index in [-0.39, 0.29) is 11.2 Å². The Balaban J connectivity index is 2.52. The second kappa shape index (κ2) is 3.32. The highest BCUT2D eigenvalue weighted by atomic mass is 35.5. The highest BCUT2D eigenvalue weighted by Gasteiger charge is 2.10. The predicted molar refractivity (Wildman–Crippen MR) is 47.5 cm³/mol. The van der Waals surface area contributed by atoms with E-state index in [4.69, 9.17) is 23.2 Å². The van der Waals surface area contributed by atoms with Crippen LogP contribution in [0, 0.1) is 0 Å². The molecule has 0 radical (unpaired) electrons. The Morgan fingerprint density at radius 3 is 2.77 bits per heavy atom. The third-order valence-corrected chi connectivity index (χ3v) is 1.83. The topological polar surface area (TPSA) is 51.8 Å². The quantitative estimate of drug-likeness (QED) is 0.734. The first-order chi connectivity index (χ1) is 6.27. The molecular weight excluding hydrogens is 213 g/mol. The molecule has 2 aromatic rings. The van der Waals surface area contributed by atoms with Gasteiger partial charge in [0.2, 0.25) is 5.82 Å². The smallest absolute Gasteiger partial charge is 0.320 e. The first-order valence-corrected chi connectivity index (χ1v) is 4.13. The zero-order valence-corrected chi connectivity index (χ0v) is 7.75. The van der Waals surface area contributed by atoms with Gasteiger partial charge in [-0.3, -0.25) is 4.98 Å². The zero-order chi connectivity index (χ0) is 9.26. The van der Waals surface area contributed by atoms with Gasteiger partial charge < -0.3 is 4.52 Å². The number of rotatable bonds is 1.